The third-order valence-corrected chi connectivity index (χ3v) is 3.80. The minimum Gasteiger partial charge on any atom is -0.386 e. The quantitative estimate of drug-likeness (QED) is 0.690. The van der Waals surface area contributed by atoms with Gasteiger partial charge >= 0.3 is 0 Å². The molecule has 1 heterocycles. The van der Waals surface area contributed by atoms with Gasteiger partial charge in [0, 0.05) is 25.0 Å². The molecule has 1 aliphatic rings. The number of hydrogen-bond donors (Lipinski definition) is 2. The van der Waals surface area contributed by atoms with Crippen LogP contribution in [-0.2, 0) is 4.74 Å². The highest BCUT2D eigenvalue weighted by Gasteiger charge is 2.51. The predicted molar refractivity (Wildman–Crippen MR) is 52.4 cm³/mol. The summed E-state index contributed by atoms with van der Waals surface area (Å²) < 4.78 is 5.41. The first-order valence-electron chi connectivity index (χ1n) is 5.04. The van der Waals surface area contributed by atoms with E-state index in [9.17, 15) is 5.11 Å². The van der Waals surface area contributed by atoms with Gasteiger partial charge in [-0.2, -0.15) is 0 Å². The van der Waals surface area contributed by atoms with E-state index in [1.807, 2.05) is 13.8 Å². The summed E-state index contributed by atoms with van der Waals surface area (Å²) in [5, 5.41) is 10.5. The number of aliphatic hydroxyl groups is 1. The van der Waals surface area contributed by atoms with Crippen LogP contribution >= 0.6 is 0 Å². The number of nitrogens with two attached hydrogens (primary N) is 1. The summed E-state index contributed by atoms with van der Waals surface area (Å²) in [5.41, 5.74) is 4.77. The molecular weight excluding hydrogens is 166 g/mol. The minimum atomic E-state index is -0.740. The van der Waals surface area contributed by atoms with E-state index in [1.54, 1.807) is 0 Å². The first kappa shape index (κ1) is 11.0. The van der Waals surface area contributed by atoms with Gasteiger partial charge in [-0.05, 0) is 13.3 Å². The summed E-state index contributed by atoms with van der Waals surface area (Å²) in [4.78, 5) is 0. The van der Waals surface area contributed by atoms with Gasteiger partial charge in [0.25, 0.3) is 0 Å². The monoisotopic (exact) mass is 187 g/mol. The molecule has 1 saturated heterocycles. The summed E-state index contributed by atoms with van der Waals surface area (Å²) in [6.07, 6.45) is 1.49. The van der Waals surface area contributed by atoms with E-state index in [4.69, 9.17) is 10.5 Å². The molecule has 3 atom stereocenters. The molecule has 13 heavy (non-hydrogen) atoms. The Bertz CT molecular complexity index is 180. The van der Waals surface area contributed by atoms with Crippen molar-refractivity contribution in [3.05, 3.63) is 0 Å². The molecule has 0 aromatic heterocycles. The SMILES string of the molecule is CCC(C)(CN)C1(O)CCOC1C. The van der Waals surface area contributed by atoms with E-state index in [1.165, 1.54) is 0 Å². The molecule has 0 aliphatic carbocycles. The molecule has 0 radical (unpaired) electrons. The maximum Gasteiger partial charge on any atom is 0.0992 e. The van der Waals surface area contributed by atoms with Crippen molar-refractivity contribution in [3.63, 3.8) is 0 Å². The van der Waals surface area contributed by atoms with Gasteiger partial charge in [0.1, 0.15) is 0 Å². The van der Waals surface area contributed by atoms with Gasteiger partial charge < -0.3 is 15.6 Å². The fourth-order valence-corrected chi connectivity index (χ4v) is 2.15. The van der Waals surface area contributed by atoms with Crippen molar-refractivity contribution in [2.24, 2.45) is 11.1 Å². The highest BCUT2D eigenvalue weighted by atomic mass is 16.5. The number of rotatable bonds is 3. The Morgan fingerprint density at radius 2 is 2.31 bits per heavy atom. The first-order chi connectivity index (χ1) is 6.00. The Morgan fingerprint density at radius 1 is 1.69 bits per heavy atom. The van der Waals surface area contributed by atoms with Gasteiger partial charge in [-0.15, -0.1) is 0 Å². The lowest BCUT2D eigenvalue weighted by molar-refractivity contribution is -0.112. The van der Waals surface area contributed by atoms with Crippen molar-refractivity contribution in [1.29, 1.82) is 0 Å². The van der Waals surface area contributed by atoms with Gasteiger partial charge in [-0.3, -0.25) is 0 Å². The van der Waals surface area contributed by atoms with Gasteiger partial charge in [0.2, 0.25) is 0 Å². The second-order valence-electron chi connectivity index (χ2n) is 4.31. The topological polar surface area (TPSA) is 55.5 Å². The molecule has 3 heteroatoms. The van der Waals surface area contributed by atoms with Crippen LogP contribution in [-0.4, -0.2) is 30.0 Å². The molecule has 3 unspecified atom stereocenters. The zero-order chi connectivity index (χ0) is 10.1. The molecule has 3 nitrogen and oxygen atoms in total. The highest BCUT2D eigenvalue weighted by molar-refractivity contribution is 5.02. The molecule has 0 spiro atoms. The average Bonchev–Trinajstić information content (AvgIpc) is 2.47. The third-order valence-electron chi connectivity index (χ3n) is 3.80. The average molecular weight is 187 g/mol. The van der Waals surface area contributed by atoms with Crippen molar-refractivity contribution in [2.45, 2.75) is 45.3 Å². The molecule has 0 aromatic carbocycles. The van der Waals surface area contributed by atoms with Crippen LogP contribution in [0.3, 0.4) is 0 Å². The van der Waals surface area contributed by atoms with Crippen LogP contribution in [0.25, 0.3) is 0 Å². The summed E-state index contributed by atoms with van der Waals surface area (Å²) >= 11 is 0. The molecule has 0 saturated carbocycles. The summed E-state index contributed by atoms with van der Waals surface area (Å²) in [6, 6.07) is 0. The van der Waals surface area contributed by atoms with E-state index >= 15 is 0 Å². The van der Waals surface area contributed by atoms with Gasteiger partial charge in [0.05, 0.1) is 11.7 Å². The lowest BCUT2D eigenvalue weighted by Gasteiger charge is -2.43. The van der Waals surface area contributed by atoms with Gasteiger partial charge in [-0.1, -0.05) is 13.8 Å². The van der Waals surface area contributed by atoms with E-state index in [0.29, 0.717) is 19.6 Å². The Labute approximate surface area is 80.3 Å². The Hall–Kier alpha value is -0.120. The van der Waals surface area contributed by atoms with E-state index < -0.39 is 5.60 Å². The van der Waals surface area contributed by atoms with Crippen LogP contribution in [0.1, 0.15) is 33.6 Å². The van der Waals surface area contributed by atoms with Crippen LogP contribution in [0.4, 0.5) is 0 Å². The fraction of sp³-hybridized carbons (Fsp3) is 1.00. The van der Waals surface area contributed by atoms with Crippen LogP contribution < -0.4 is 5.73 Å². The molecule has 1 aliphatic heterocycles. The number of ether oxygens (including phenoxy) is 1. The Balaban J connectivity index is 2.88. The second-order valence-corrected chi connectivity index (χ2v) is 4.31. The van der Waals surface area contributed by atoms with Crippen molar-refractivity contribution in [2.75, 3.05) is 13.2 Å². The van der Waals surface area contributed by atoms with E-state index in [2.05, 4.69) is 6.92 Å². The Morgan fingerprint density at radius 3 is 2.62 bits per heavy atom. The predicted octanol–water partition coefficient (Wildman–Crippen LogP) is 0.901. The lowest BCUT2D eigenvalue weighted by atomic mass is 9.68. The molecule has 78 valence electrons. The molecule has 0 amide bonds. The standard InChI is InChI=1S/C10H21NO2/c1-4-9(3,7-11)10(12)5-6-13-8(10)2/h8,12H,4-7,11H2,1-3H3. The van der Waals surface area contributed by atoms with Gasteiger partial charge in [-0.25, -0.2) is 0 Å². The largest absolute Gasteiger partial charge is 0.386 e. The van der Waals surface area contributed by atoms with Crippen molar-refractivity contribution in [1.82, 2.24) is 0 Å². The van der Waals surface area contributed by atoms with Crippen LogP contribution in [0.2, 0.25) is 0 Å². The van der Waals surface area contributed by atoms with Crippen molar-refractivity contribution in [3.8, 4) is 0 Å². The zero-order valence-corrected chi connectivity index (χ0v) is 8.84. The fourth-order valence-electron chi connectivity index (χ4n) is 2.15. The smallest absolute Gasteiger partial charge is 0.0992 e. The highest BCUT2D eigenvalue weighted by Crippen LogP contribution is 2.43. The molecule has 1 fully saturated rings. The molecular formula is C10H21NO2. The summed E-state index contributed by atoms with van der Waals surface area (Å²) in [6.45, 7) is 7.19. The van der Waals surface area contributed by atoms with Gasteiger partial charge in [0.15, 0.2) is 0 Å². The van der Waals surface area contributed by atoms with Crippen LogP contribution in [0, 0.1) is 5.41 Å². The zero-order valence-electron chi connectivity index (χ0n) is 8.84. The maximum absolute atomic E-state index is 10.5. The molecule has 1 rings (SSSR count). The minimum absolute atomic E-state index is 0.0963. The van der Waals surface area contributed by atoms with Crippen LogP contribution in [0.5, 0.6) is 0 Å². The van der Waals surface area contributed by atoms with E-state index in [0.717, 1.165) is 6.42 Å². The number of hydrogen-bond acceptors (Lipinski definition) is 3. The first-order valence-corrected chi connectivity index (χ1v) is 5.04. The molecule has 0 bridgehead atoms. The summed E-state index contributed by atoms with van der Waals surface area (Å²) in [7, 11) is 0. The van der Waals surface area contributed by atoms with Crippen LogP contribution in [0.15, 0.2) is 0 Å². The molecule has 3 N–H and O–H groups in total. The van der Waals surface area contributed by atoms with Crippen molar-refractivity contribution < 1.29 is 9.84 Å². The molecule has 0 aromatic rings. The van der Waals surface area contributed by atoms with E-state index in [-0.39, 0.29) is 11.5 Å². The summed E-state index contributed by atoms with van der Waals surface area (Å²) in [5.74, 6) is 0. The Kier molecular flexibility index (Phi) is 3.00. The second kappa shape index (κ2) is 3.56. The third kappa shape index (κ3) is 1.49. The lowest BCUT2D eigenvalue weighted by Crippen LogP contribution is -2.54. The normalized spacial score (nSPS) is 39.0. The maximum atomic E-state index is 10.5. The van der Waals surface area contributed by atoms with Crippen molar-refractivity contribution >= 4 is 0 Å².